The summed E-state index contributed by atoms with van der Waals surface area (Å²) in [4.78, 5) is 16.4. The maximum Gasteiger partial charge on any atom is 0.253 e. The molecule has 24 heavy (non-hydrogen) atoms. The minimum atomic E-state index is -0.00594. The number of benzene rings is 2. The van der Waals surface area contributed by atoms with E-state index in [1.54, 1.807) is 4.90 Å². The molecule has 0 aromatic heterocycles. The average Bonchev–Trinajstić information content (AvgIpc) is 2.61. The van der Waals surface area contributed by atoms with Crippen LogP contribution in [0.2, 0.25) is 0 Å². The fourth-order valence-corrected chi connectivity index (χ4v) is 2.67. The number of carbonyl (C=O) groups is 1. The highest BCUT2D eigenvalue weighted by Crippen LogP contribution is 2.31. The normalized spacial score (nSPS) is 12.6. The third kappa shape index (κ3) is 3.45. The van der Waals surface area contributed by atoms with Gasteiger partial charge in [-0.15, -0.1) is 0 Å². The van der Waals surface area contributed by atoms with E-state index >= 15 is 0 Å². The Morgan fingerprint density at radius 2 is 1.75 bits per heavy atom. The Bertz CT molecular complexity index is 743. The summed E-state index contributed by atoms with van der Waals surface area (Å²) in [6, 6.07) is 13.4. The van der Waals surface area contributed by atoms with Crippen LogP contribution >= 0.6 is 0 Å². The van der Waals surface area contributed by atoms with Crippen LogP contribution in [0.5, 0.6) is 11.5 Å². The van der Waals surface area contributed by atoms with Crippen LogP contribution in [0.15, 0.2) is 42.5 Å². The molecule has 126 valence electrons. The molecule has 0 unspecified atom stereocenters. The first kappa shape index (κ1) is 16.2. The molecular weight excluding hydrogens is 304 g/mol. The molecule has 0 fully saturated rings. The standard InChI is InChI=1S/C19H22N2O3/c1-20(2)16-6-4-5-15(12-16)19(22)21(3)13-14-7-8-17-18(11-14)24-10-9-23-17/h4-8,11-12H,9-10,13H2,1-3H3. The molecule has 5 nitrogen and oxygen atoms in total. The Kier molecular flexibility index (Phi) is 4.60. The van der Waals surface area contributed by atoms with Crippen LogP contribution in [-0.2, 0) is 6.54 Å². The summed E-state index contributed by atoms with van der Waals surface area (Å²) in [5.74, 6) is 1.50. The molecule has 0 saturated carbocycles. The largest absolute Gasteiger partial charge is 0.486 e. The van der Waals surface area contributed by atoms with Gasteiger partial charge in [0.2, 0.25) is 0 Å². The highest BCUT2D eigenvalue weighted by molar-refractivity contribution is 5.95. The Hall–Kier alpha value is -2.69. The second-order valence-electron chi connectivity index (χ2n) is 6.08. The lowest BCUT2D eigenvalue weighted by Crippen LogP contribution is -2.26. The number of anilines is 1. The maximum absolute atomic E-state index is 12.7. The number of hydrogen-bond donors (Lipinski definition) is 0. The van der Waals surface area contributed by atoms with Crippen LogP contribution in [0.1, 0.15) is 15.9 Å². The van der Waals surface area contributed by atoms with Gasteiger partial charge in [-0.2, -0.15) is 0 Å². The molecule has 0 radical (unpaired) electrons. The summed E-state index contributed by atoms with van der Waals surface area (Å²) in [6.07, 6.45) is 0. The van der Waals surface area contributed by atoms with Gasteiger partial charge in [-0.05, 0) is 35.9 Å². The zero-order chi connectivity index (χ0) is 17.1. The minimum Gasteiger partial charge on any atom is -0.486 e. The monoisotopic (exact) mass is 326 g/mol. The third-order valence-electron chi connectivity index (χ3n) is 3.98. The molecule has 0 spiro atoms. The van der Waals surface area contributed by atoms with E-state index in [0.29, 0.717) is 25.3 Å². The maximum atomic E-state index is 12.7. The van der Waals surface area contributed by atoms with Gasteiger partial charge in [0, 0.05) is 38.9 Å². The van der Waals surface area contributed by atoms with E-state index in [1.165, 1.54) is 0 Å². The van der Waals surface area contributed by atoms with Crippen LogP contribution in [0.3, 0.4) is 0 Å². The van der Waals surface area contributed by atoms with E-state index in [2.05, 4.69) is 0 Å². The summed E-state index contributed by atoms with van der Waals surface area (Å²) in [7, 11) is 5.73. The fourth-order valence-electron chi connectivity index (χ4n) is 2.67. The van der Waals surface area contributed by atoms with Gasteiger partial charge in [-0.1, -0.05) is 12.1 Å². The first-order valence-electron chi connectivity index (χ1n) is 7.96. The van der Waals surface area contributed by atoms with E-state index in [0.717, 1.165) is 22.7 Å². The van der Waals surface area contributed by atoms with Crippen molar-refractivity contribution in [3.05, 3.63) is 53.6 Å². The number of hydrogen-bond acceptors (Lipinski definition) is 4. The van der Waals surface area contributed by atoms with Crippen molar-refractivity contribution in [3.63, 3.8) is 0 Å². The lowest BCUT2D eigenvalue weighted by Gasteiger charge is -2.21. The summed E-state index contributed by atoms with van der Waals surface area (Å²) < 4.78 is 11.1. The molecule has 0 saturated heterocycles. The smallest absolute Gasteiger partial charge is 0.253 e. The second kappa shape index (κ2) is 6.83. The number of carbonyl (C=O) groups excluding carboxylic acids is 1. The van der Waals surface area contributed by atoms with Gasteiger partial charge in [0.15, 0.2) is 11.5 Å². The van der Waals surface area contributed by atoms with Crippen molar-refractivity contribution in [1.82, 2.24) is 4.90 Å². The molecular formula is C19H22N2O3. The van der Waals surface area contributed by atoms with Crippen LogP contribution in [0.4, 0.5) is 5.69 Å². The average molecular weight is 326 g/mol. The molecule has 5 heteroatoms. The van der Waals surface area contributed by atoms with Crippen molar-refractivity contribution < 1.29 is 14.3 Å². The topological polar surface area (TPSA) is 42.0 Å². The van der Waals surface area contributed by atoms with Crippen molar-refractivity contribution in [1.29, 1.82) is 0 Å². The molecule has 0 bridgehead atoms. The lowest BCUT2D eigenvalue weighted by molar-refractivity contribution is 0.0785. The quantitative estimate of drug-likeness (QED) is 0.866. The van der Waals surface area contributed by atoms with Gasteiger partial charge in [-0.3, -0.25) is 4.79 Å². The zero-order valence-electron chi connectivity index (χ0n) is 14.3. The van der Waals surface area contributed by atoms with Crippen molar-refractivity contribution in [2.24, 2.45) is 0 Å². The number of nitrogens with zero attached hydrogens (tertiary/aromatic N) is 2. The molecule has 2 aromatic carbocycles. The van der Waals surface area contributed by atoms with Crippen molar-refractivity contribution in [2.45, 2.75) is 6.54 Å². The summed E-state index contributed by atoms with van der Waals surface area (Å²) in [5, 5.41) is 0. The minimum absolute atomic E-state index is 0.00594. The Labute approximate surface area is 142 Å². The Balaban J connectivity index is 1.73. The number of ether oxygens (including phenoxy) is 2. The third-order valence-corrected chi connectivity index (χ3v) is 3.98. The SMILES string of the molecule is CN(Cc1ccc2c(c1)OCCO2)C(=O)c1cccc(N(C)C)c1. The van der Waals surface area contributed by atoms with Gasteiger partial charge in [0.25, 0.3) is 5.91 Å². The predicted octanol–water partition coefficient (Wildman–Crippen LogP) is 2.80. The summed E-state index contributed by atoms with van der Waals surface area (Å²) in [6.45, 7) is 1.65. The molecule has 1 amide bonds. The van der Waals surface area contributed by atoms with Crippen LogP contribution in [0, 0.1) is 0 Å². The number of fused-ring (bicyclic) bond motifs is 1. The van der Waals surface area contributed by atoms with Gasteiger partial charge < -0.3 is 19.3 Å². The van der Waals surface area contributed by atoms with E-state index in [9.17, 15) is 4.79 Å². The first-order valence-corrected chi connectivity index (χ1v) is 7.96. The van der Waals surface area contributed by atoms with Crippen molar-refractivity contribution in [2.75, 3.05) is 39.3 Å². The zero-order valence-corrected chi connectivity index (χ0v) is 14.3. The highest BCUT2D eigenvalue weighted by atomic mass is 16.6. The van der Waals surface area contributed by atoms with Crippen molar-refractivity contribution in [3.8, 4) is 11.5 Å². The van der Waals surface area contributed by atoms with E-state index < -0.39 is 0 Å². The highest BCUT2D eigenvalue weighted by Gasteiger charge is 2.16. The van der Waals surface area contributed by atoms with E-state index in [4.69, 9.17) is 9.47 Å². The van der Waals surface area contributed by atoms with Gasteiger partial charge in [0.1, 0.15) is 13.2 Å². The van der Waals surface area contributed by atoms with Crippen LogP contribution in [0.25, 0.3) is 0 Å². The second-order valence-corrected chi connectivity index (χ2v) is 6.08. The number of rotatable bonds is 4. The fraction of sp³-hybridized carbons (Fsp3) is 0.316. The molecule has 1 heterocycles. The molecule has 2 aromatic rings. The summed E-state index contributed by atoms with van der Waals surface area (Å²) in [5.41, 5.74) is 2.70. The molecule has 0 atom stereocenters. The van der Waals surface area contributed by atoms with Crippen LogP contribution < -0.4 is 14.4 Å². The van der Waals surface area contributed by atoms with E-state index in [1.807, 2.05) is 68.5 Å². The first-order chi connectivity index (χ1) is 11.5. The Morgan fingerprint density at radius 3 is 2.50 bits per heavy atom. The van der Waals surface area contributed by atoms with Crippen LogP contribution in [-0.4, -0.2) is 45.2 Å². The predicted molar refractivity (Wildman–Crippen MR) is 94.0 cm³/mol. The molecule has 1 aliphatic heterocycles. The Morgan fingerprint density at radius 1 is 1.00 bits per heavy atom. The molecule has 0 aliphatic carbocycles. The van der Waals surface area contributed by atoms with Crippen molar-refractivity contribution >= 4 is 11.6 Å². The summed E-state index contributed by atoms with van der Waals surface area (Å²) >= 11 is 0. The van der Waals surface area contributed by atoms with Gasteiger partial charge in [0.05, 0.1) is 0 Å². The lowest BCUT2D eigenvalue weighted by atomic mass is 10.1. The molecule has 1 aliphatic rings. The van der Waals surface area contributed by atoms with E-state index in [-0.39, 0.29) is 5.91 Å². The van der Waals surface area contributed by atoms with Gasteiger partial charge in [-0.25, -0.2) is 0 Å². The van der Waals surface area contributed by atoms with Gasteiger partial charge >= 0.3 is 0 Å². The molecule has 3 rings (SSSR count). The number of amides is 1. The molecule has 0 N–H and O–H groups in total.